The Balaban J connectivity index is 2.85. The molecule has 1 rings (SSSR count). The number of carbonyl (C=O) groups excluding carboxylic acids is 1. The summed E-state index contributed by atoms with van der Waals surface area (Å²) in [5.74, 6) is -0.625. The molecule has 1 amide bonds. The van der Waals surface area contributed by atoms with Gasteiger partial charge < -0.3 is 16.0 Å². The summed E-state index contributed by atoms with van der Waals surface area (Å²) in [7, 11) is 3.89. The molecule has 19 heavy (non-hydrogen) atoms. The maximum atomic E-state index is 13.3. The minimum atomic E-state index is -0.568. The van der Waals surface area contributed by atoms with Crippen LogP contribution in [-0.4, -0.2) is 37.5 Å². The van der Waals surface area contributed by atoms with Gasteiger partial charge in [-0.25, -0.2) is 4.39 Å². The number of carbonyl (C=O) groups is 1. The van der Waals surface area contributed by atoms with E-state index in [-0.39, 0.29) is 29.1 Å². The van der Waals surface area contributed by atoms with Gasteiger partial charge in [-0.1, -0.05) is 19.9 Å². The minimum absolute atomic E-state index is 0.00910. The molecule has 0 bridgehead atoms. The van der Waals surface area contributed by atoms with Gasteiger partial charge in [0.15, 0.2) is 0 Å². The molecule has 1 atom stereocenters. The van der Waals surface area contributed by atoms with Crippen molar-refractivity contribution in [2.75, 3.05) is 26.4 Å². The van der Waals surface area contributed by atoms with E-state index in [1.54, 1.807) is 0 Å². The Morgan fingerprint density at radius 1 is 1.42 bits per heavy atom. The van der Waals surface area contributed by atoms with Crippen LogP contribution in [0.3, 0.4) is 0 Å². The first-order chi connectivity index (χ1) is 8.82. The van der Waals surface area contributed by atoms with E-state index in [4.69, 9.17) is 5.73 Å². The van der Waals surface area contributed by atoms with Crippen molar-refractivity contribution in [2.45, 2.75) is 19.9 Å². The summed E-state index contributed by atoms with van der Waals surface area (Å²) < 4.78 is 13.3. The number of nitrogens with two attached hydrogens (primary N) is 1. The summed E-state index contributed by atoms with van der Waals surface area (Å²) >= 11 is 0. The standard InChI is InChI=1S/C14H22FN3O/c1-9(2)12(8-18(3)4)17-14(19)10-6-5-7-11(15)13(10)16/h5-7,9,12H,8,16H2,1-4H3,(H,17,19). The van der Waals surface area contributed by atoms with Crippen LogP contribution in [0.2, 0.25) is 0 Å². The molecular weight excluding hydrogens is 245 g/mol. The molecule has 0 radical (unpaired) electrons. The lowest BCUT2D eigenvalue weighted by atomic mass is 10.0. The van der Waals surface area contributed by atoms with Crippen LogP contribution < -0.4 is 11.1 Å². The highest BCUT2D eigenvalue weighted by Crippen LogP contribution is 2.16. The highest BCUT2D eigenvalue weighted by Gasteiger charge is 2.20. The lowest BCUT2D eigenvalue weighted by Crippen LogP contribution is -2.45. The number of hydrogen-bond donors (Lipinski definition) is 2. The monoisotopic (exact) mass is 267 g/mol. The Morgan fingerprint density at radius 3 is 2.58 bits per heavy atom. The average Bonchev–Trinajstić information content (AvgIpc) is 2.31. The van der Waals surface area contributed by atoms with Crippen molar-refractivity contribution in [3.05, 3.63) is 29.6 Å². The van der Waals surface area contributed by atoms with Crippen molar-refractivity contribution in [3.63, 3.8) is 0 Å². The van der Waals surface area contributed by atoms with E-state index in [1.807, 2.05) is 32.8 Å². The topological polar surface area (TPSA) is 58.4 Å². The Morgan fingerprint density at radius 2 is 2.05 bits per heavy atom. The predicted octanol–water partition coefficient (Wildman–Crippen LogP) is 1.72. The van der Waals surface area contributed by atoms with Crippen molar-refractivity contribution < 1.29 is 9.18 Å². The zero-order chi connectivity index (χ0) is 14.6. The quantitative estimate of drug-likeness (QED) is 0.799. The third-order valence-electron chi connectivity index (χ3n) is 2.98. The van der Waals surface area contributed by atoms with Crippen LogP contribution in [0.4, 0.5) is 10.1 Å². The first kappa shape index (κ1) is 15.4. The Hall–Kier alpha value is -1.62. The van der Waals surface area contributed by atoms with Gasteiger partial charge in [0.25, 0.3) is 5.91 Å². The van der Waals surface area contributed by atoms with Gasteiger partial charge >= 0.3 is 0 Å². The van der Waals surface area contributed by atoms with Gasteiger partial charge in [-0.05, 0) is 32.1 Å². The second-order valence-corrected chi connectivity index (χ2v) is 5.29. The SMILES string of the molecule is CC(C)C(CN(C)C)NC(=O)c1cccc(F)c1N. The molecule has 0 saturated carbocycles. The van der Waals surface area contributed by atoms with Crippen molar-refractivity contribution >= 4 is 11.6 Å². The van der Waals surface area contributed by atoms with E-state index in [9.17, 15) is 9.18 Å². The van der Waals surface area contributed by atoms with Crippen LogP contribution >= 0.6 is 0 Å². The van der Waals surface area contributed by atoms with Gasteiger partial charge in [-0.15, -0.1) is 0 Å². The number of likely N-dealkylation sites (N-methyl/N-ethyl adjacent to an activating group) is 1. The van der Waals surface area contributed by atoms with E-state index in [0.717, 1.165) is 6.54 Å². The van der Waals surface area contributed by atoms with Gasteiger partial charge in [0.2, 0.25) is 0 Å². The van der Waals surface area contributed by atoms with E-state index in [2.05, 4.69) is 5.32 Å². The molecular formula is C14H22FN3O. The molecule has 106 valence electrons. The zero-order valence-corrected chi connectivity index (χ0v) is 11.9. The van der Waals surface area contributed by atoms with Gasteiger partial charge in [0, 0.05) is 12.6 Å². The third kappa shape index (κ3) is 4.21. The van der Waals surface area contributed by atoms with Gasteiger partial charge in [0.1, 0.15) is 5.82 Å². The molecule has 0 fully saturated rings. The maximum Gasteiger partial charge on any atom is 0.253 e. The van der Waals surface area contributed by atoms with Gasteiger partial charge in [-0.2, -0.15) is 0 Å². The first-order valence-electron chi connectivity index (χ1n) is 6.32. The lowest BCUT2D eigenvalue weighted by molar-refractivity contribution is 0.0917. The number of rotatable bonds is 5. The molecule has 1 aromatic carbocycles. The molecule has 0 saturated heterocycles. The van der Waals surface area contributed by atoms with Crippen LogP contribution in [0, 0.1) is 11.7 Å². The van der Waals surface area contributed by atoms with Crippen LogP contribution in [0.5, 0.6) is 0 Å². The molecule has 0 aliphatic heterocycles. The Labute approximate surface area is 113 Å². The molecule has 0 aliphatic rings. The van der Waals surface area contributed by atoms with Crippen molar-refractivity contribution in [3.8, 4) is 0 Å². The summed E-state index contributed by atoms with van der Waals surface area (Å²) in [6.45, 7) is 4.78. The lowest BCUT2D eigenvalue weighted by Gasteiger charge is -2.25. The first-order valence-corrected chi connectivity index (χ1v) is 6.32. The van der Waals surface area contributed by atoms with E-state index < -0.39 is 5.82 Å². The third-order valence-corrected chi connectivity index (χ3v) is 2.98. The maximum absolute atomic E-state index is 13.3. The molecule has 0 aromatic heterocycles. The second-order valence-electron chi connectivity index (χ2n) is 5.29. The van der Waals surface area contributed by atoms with Crippen molar-refractivity contribution in [1.29, 1.82) is 0 Å². The molecule has 1 unspecified atom stereocenters. The molecule has 0 spiro atoms. The summed E-state index contributed by atoms with van der Waals surface area (Å²) in [6.07, 6.45) is 0. The smallest absolute Gasteiger partial charge is 0.253 e. The Bertz CT molecular complexity index is 446. The molecule has 1 aromatic rings. The number of nitrogens with one attached hydrogen (secondary N) is 1. The van der Waals surface area contributed by atoms with Gasteiger partial charge in [0.05, 0.1) is 11.3 Å². The van der Waals surface area contributed by atoms with Gasteiger partial charge in [-0.3, -0.25) is 4.79 Å². The number of amides is 1. The fourth-order valence-electron chi connectivity index (χ4n) is 1.80. The van der Waals surface area contributed by atoms with Crippen molar-refractivity contribution in [1.82, 2.24) is 10.2 Å². The molecule has 4 nitrogen and oxygen atoms in total. The fourth-order valence-corrected chi connectivity index (χ4v) is 1.80. The minimum Gasteiger partial charge on any atom is -0.396 e. The summed E-state index contributed by atoms with van der Waals surface area (Å²) in [5.41, 5.74) is 5.67. The molecule has 0 aliphatic carbocycles. The highest BCUT2D eigenvalue weighted by molar-refractivity contribution is 5.99. The van der Waals surface area contributed by atoms with Crippen LogP contribution in [0.25, 0.3) is 0 Å². The molecule has 5 heteroatoms. The van der Waals surface area contributed by atoms with E-state index in [1.165, 1.54) is 18.2 Å². The van der Waals surface area contributed by atoms with Crippen LogP contribution in [0.15, 0.2) is 18.2 Å². The van der Waals surface area contributed by atoms with Crippen LogP contribution in [-0.2, 0) is 0 Å². The zero-order valence-electron chi connectivity index (χ0n) is 11.9. The average molecular weight is 267 g/mol. The van der Waals surface area contributed by atoms with Crippen molar-refractivity contribution in [2.24, 2.45) is 5.92 Å². The number of halogens is 1. The fraction of sp³-hybridized carbons (Fsp3) is 0.500. The normalized spacial score (nSPS) is 12.8. The van der Waals surface area contributed by atoms with E-state index in [0.29, 0.717) is 0 Å². The highest BCUT2D eigenvalue weighted by atomic mass is 19.1. The summed E-state index contributed by atoms with van der Waals surface area (Å²) in [6, 6.07) is 4.24. The number of nitrogen functional groups attached to an aromatic ring is 1. The number of para-hydroxylation sites is 1. The number of nitrogens with zero attached hydrogens (tertiary/aromatic N) is 1. The van der Waals surface area contributed by atoms with Crippen LogP contribution in [0.1, 0.15) is 24.2 Å². The molecule has 3 N–H and O–H groups in total. The number of benzene rings is 1. The largest absolute Gasteiger partial charge is 0.396 e. The predicted molar refractivity (Wildman–Crippen MR) is 75.5 cm³/mol. The Kier molecular flexibility index (Phi) is 5.30. The molecule has 0 heterocycles. The second kappa shape index (κ2) is 6.52. The van der Waals surface area contributed by atoms with E-state index >= 15 is 0 Å². The number of hydrogen-bond acceptors (Lipinski definition) is 3. The summed E-state index contributed by atoms with van der Waals surface area (Å²) in [5, 5.41) is 2.90. The number of anilines is 1. The summed E-state index contributed by atoms with van der Waals surface area (Å²) in [4.78, 5) is 14.1.